The molecule has 0 spiro atoms. The summed E-state index contributed by atoms with van der Waals surface area (Å²) in [4.78, 5) is 0. The summed E-state index contributed by atoms with van der Waals surface area (Å²) >= 11 is 0. The molecule has 0 bridgehead atoms. The standard InChI is InChI=1S/C16H17OP/c17-13-7-8-14-18(15-9-3-1-4-10-15)16-11-5-2-6-12-16/h1-6,8-12,14,17H,7,13H2/b14-8+. The maximum absolute atomic E-state index is 8.88. The second kappa shape index (κ2) is 7.10. The van der Waals surface area contributed by atoms with Crippen LogP contribution in [0.15, 0.2) is 72.6 Å². The molecule has 0 amide bonds. The van der Waals surface area contributed by atoms with E-state index in [1.807, 2.05) is 12.1 Å². The van der Waals surface area contributed by atoms with E-state index in [0.29, 0.717) is 0 Å². The summed E-state index contributed by atoms with van der Waals surface area (Å²) in [6, 6.07) is 21.1. The molecule has 2 aromatic rings. The fourth-order valence-corrected chi connectivity index (χ4v) is 3.74. The van der Waals surface area contributed by atoms with Gasteiger partial charge in [0.15, 0.2) is 0 Å². The van der Waals surface area contributed by atoms with Crippen molar-refractivity contribution in [3.63, 3.8) is 0 Å². The molecule has 0 aliphatic carbocycles. The summed E-state index contributed by atoms with van der Waals surface area (Å²) in [5, 5.41) is 11.6. The van der Waals surface area contributed by atoms with Crippen molar-refractivity contribution >= 4 is 18.5 Å². The first-order valence-electron chi connectivity index (χ1n) is 6.08. The fourth-order valence-electron chi connectivity index (χ4n) is 1.75. The number of hydrogen-bond donors (Lipinski definition) is 1. The molecule has 2 rings (SSSR count). The molecule has 18 heavy (non-hydrogen) atoms. The third-order valence-electron chi connectivity index (χ3n) is 2.62. The van der Waals surface area contributed by atoms with E-state index < -0.39 is 7.92 Å². The lowest BCUT2D eigenvalue weighted by atomic mass is 10.4. The molecule has 0 aliphatic rings. The monoisotopic (exact) mass is 256 g/mol. The van der Waals surface area contributed by atoms with Crippen LogP contribution in [0.5, 0.6) is 0 Å². The summed E-state index contributed by atoms with van der Waals surface area (Å²) < 4.78 is 0. The highest BCUT2D eigenvalue weighted by Crippen LogP contribution is 2.34. The summed E-state index contributed by atoms with van der Waals surface area (Å²) in [7, 11) is -0.454. The molecule has 0 saturated heterocycles. The Balaban J connectivity index is 2.29. The van der Waals surface area contributed by atoms with Gasteiger partial charge in [-0.3, -0.25) is 0 Å². The molecule has 0 atom stereocenters. The van der Waals surface area contributed by atoms with Crippen LogP contribution in [0.1, 0.15) is 6.42 Å². The normalized spacial score (nSPS) is 11.2. The van der Waals surface area contributed by atoms with E-state index in [-0.39, 0.29) is 6.61 Å². The van der Waals surface area contributed by atoms with E-state index in [2.05, 4.69) is 60.4 Å². The molecule has 0 unspecified atom stereocenters. The van der Waals surface area contributed by atoms with Crippen molar-refractivity contribution in [3.05, 3.63) is 72.6 Å². The van der Waals surface area contributed by atoms with Gasteiger partial charge in [0.05, 0.1) is 0 Å². The van der Waals surface area contributed by atoms with E-state index in [1.54, 1.807) is 0 Å². The average molecular weight is 256 g/mol. The Morgan fingerprint density at radius 3 is 1.78 bits per heavy atom. The predicted molar refractivity (Wildman–Crippen MR) is 79.9 cm³/mol. The van der Waals surface area contributed by atoms with Crippen molar-refractivity contribution in [3.8, 4) is 0 Å². The molecule has 0 saturated carbocycles. The smallest absolute Gasteiger partial charge is 0.0465 e. The minimum absolute atomic E-state index is 0.212. The molecule has 2 heteroatoms. The van der Waals surface area contributed by atoms with Gasteiger partial charge in [0, 0.05) is 6.61 Å². The minimum Gasteiger partial charge on any atom is -0.396 e. The van der Waals surface area contributed by atoms with Crippen LogP contribution in [0.3, 0.4) is 0 Å². The zero-order valence-electron chi connectivity index (χ0n) is 10.2. The van der Waals surface area contributed by atoms with Gasteiger partial charge >= 0.3 is 0 Å². The summed E-state index contributed by atoms with van der Waals surface area (Å²) in [5.74, 6) is 2.23. The Bertz CT molecular complexity index is 439. The van der Waals surface area contributed by atoms with Crippen LogP contribution in [-0.4, -0.2) is 11.7 Å². The van der Waals surface area contributed by atoms with E-state index >= 15 is 0 Å². The van der Waals surface area contributed by atoms with Crippen molar-refractivity contribution in [2.75, 3.05) is 6.61 Å². The van der Waals surface area contributed by atoms with Crippen molar-refractivity contribution in [2.24, 2.45) is 0 Å². The van der Waals surface area contributed by atoms with E-state index in [4.69, 9.17) is 5.11 Å². The van der Waals surface area contributed by atoms with Crippen molar-refractivity contribution < 1.29 is 5.11 Å². The van der Waals surface area contributed by atoms with Crippen LogP contribution in [-0.2, 0) is 0 Å². The van der Waals surface area contributed by atoms with Crippen LogP contribution in [0.4, 0.5) is 0 Å². The van der Waals surface area contributed by atoms with Gasteiger partial charge in [0.2, 0.25) is 0 Å². The van der Waals surface area contributed by atoms with Crippen molar-refractivity contribution in [1.82, 2.24) is 0 Å². The van der Waals surface area contributed by atoms with Gasteiger partial charge in [-0.15, -0.1) is 0 Å². The average Bonchev–Trinajstić information content (AvgIpc) is 2.46. The molecule has 0 heterocycles. The third-order valence-corrected chi connectivity index (χ3v) is 4.84. The molecule has 92 valence electrons. The topological polar surface area (TPSA) is 20.2 Å². The zero-order chi connectivity index (χ0) is 12.6. The van der Waals surface area contributed by atoms with Gasteiger partial charge in [-0.05, 0) is 25.0 Å². The summed E-state index contributed by atoms with van der Waals surface area (Å²) in [6.07, 6.45) is 2.80. The highest BCUT2D eigenvalue weighted by Gasteiger charge is 2.08. The van der Waals surface area contributed by atoms with Gasteiger partial charge in [-0.1, -0.05) is 72.6 Å². The van der Waals surface area contributed by atoms with Crippen molar-refractivity contribution in [2.45, 2.75) is 6.42 Å². The molecule has 0 radical (unpaired) electrons. The van der Waals surface area contributed by atoms with E-state index in [0.717, 1.165) is 6.42 Å². The van der Waals surface area contributed by atoms with Crippen LogP contribution in [0.25, 0.3) is 0 Å². The Labute approximate surface area is 110 Å². The molecular weight excluding hydrogens is 239 g/mol. The van der Waals surface area contributed by atoms with Crippen LogP contribution in [0.2, 0.25) is 0 Å². The number of aliphatic hydroxyl groups is 1. The van der Waals surface area contributed by atoms with Crippen LogP contribution in [0, 0.1) is 0 Å². The van der Waals surface area contributed by atoms with Gasteiger partial charge in [-0.25, -0.2) is 0 Å². The number of rotatable bonds is 5. The second-order valence-corrected chi connectivity index (χ2v) is 6.01. The van der Waals surface area contributed by atoms with Crippen LogP contribution < -0.4 is 10.6 Å². The quantitative estimate of drug-likeness (QED) is 0.815. The molecule has 0 aromatic heterocycles. The molecule has 1 N–H and O–H groups in total. The Hall–Kier alpha value is -1.43. The summed E-state index contributed by atoms with van der Waals surface area (Å²) in [5.41, 5.74) is 0. The molecule has 1 nitrogen and oxygen atoms in total. The second-order valence-electron chi connectivity index (χ2n) is 3.94. The van der Waals surface area contributed by atoms with Gasteiger partial charge in [-0.2, -0.15) is 0 Å². The molecule has 2 aromatic carbocycles. The first kappa shape index (κ1) is 13.0. The maximum Gasteiger partial charge on any atom is 0.0465 e. The number of hydrogen-bond acceptors (Lipinski definition) is 1. The van der Waals surface area contributed by atoms with Gasteiger partial charge < -0.3 is 5.11 Å². The van der Waals surface area contributed by atoms with E-state index in [1.165, 1.54) is 10.6 Å². The van der Waals surface area contributed by atoms with E-state index in [9.17, 15) is 0 Å². The van der Waals surface area contributed by atoms with Gasteiger partial charge in [0.25, 0.3) is 0 Å². The first-order chi connectivity index (χ1) is 8.92. The number of aliphatic hydroxyl groups excluding tert-OH is 1. The highest BCUT2D eigenvalue weighted by atomic mass is 31.1. The third kappa shape index (κ3) is 3.53. The summed E-state index contributed by atoms with van der Waals surface area (Å²) in [6.45, 7) is 0.212. The van der Waals surface area contributed by atoms with Crippen molar-refractivity contribution in [1.29, 1.82) is 0 Å². The number of benzene rings is 2. The molecule has 0 aliphatic heterocycles. The Morgan fingerprint density at radius 2 is 1.33 bits per heavy atom. The minimum atomic E-state index is -0.454. The Morgan fingerprint density at radius 1 is 0.833 bits per heavy atom. The first-order valence-corrected chi connectivity index (χ1v) is 7.50. The SMILES string of the molecule is OCC/C=C/P(c1ccccc1)c1ccccc1. The predicted octanol–water partition coefficient (Wildman–Crippen LogP) is 3.02. The van der Waals surface area contributed by atoms with Gasteiger partial charge in [0.1, 0.15) is 0 Å². The van der Waals surface area contributed by atoms with Crippen LogP contribution >= 0.6 is 7.92 Å². The maximum atomic E-state index is 8.88. The molecular formula is C16H17OP. The lowest BCUT2D eigenvalue weighted by Crippen LogP contribution is -2.09. The lowest BCUT2D eigenvalue weighted by molar-refractivity contribution is 0.302. The Kier molecular flexibility index (Phi) is 5.14. The largest absolute Gasteiger partial charge is 0.396 e. The fraction of sp³-hybridized carbons (Fsp3) is 0.125. The lowest BCUT2D eigenvalue weighted by Gasteiger charge is -2.14. The zero-order valence-corrected chi connectivity index (χ0v) is 11.1. The highest BCUT2D eigenvalue weighted by molar-refractivity contribution is 7.75. The molecule has 0 fully saturated rings.